The number of rotatable bonds is 38. The van der Waals surface area contributed by atoms with Crippen LogP contribution >= 0.6 is 7.82 Å². The number of nitrogens with zero attached hydrogens (tertiary/aromatic N) is 1. The zero-order valence-electron chi connectivity index (χ0n) is 36.1. The van der Waals surface area contributed by atoms with Gasteiger partial charge >= 0.3 is 19.8 Å². The van der Waals surface area contributed by atoms with Gasteiger partial charge in [-0.25, -0.2) is 4.57 Å². The van der Waals surface area contributed by atoms with E-state index in [1.54, 1.807) is 0 Å². The number of phosphoric ester groups is 1. The van der Waals surface area contributed by atoms with Gasteiger partial charge in [0.2, 0.25) is 0 Å². The van der Waals surface area contributed by atoms with E-state index >= 15 is 0 Å². The first-order chi connectivity index (χ1) is 27.0. The molecule has 0 rings (SSSR count). The lowest BCUT2D eigenvalue weighted by Crippen LogP contribution is -2.37. The van der Waals surface area contributed by atoms with E-state index < -0.39 is 32.5 Å². The molecule has 0 aliphatic heterocycles. The normalized spacial score (nSPS) is 14.3. The second-order valence-corrected chi connectivity index (χ2v) is 16.8. The second-order valence-electron chi connectivity index (χ2n) is 15.3. The summed E-state index contributed by atoms with van der Waals surface area (Å²) < 4.78 is 34.2. The van der Waals surface area contributed by atoms with Gasteiger partial charge in [-0.15, -0.1) is 0 Å². The first-order valence-corrected chi connectivity index (χ1v) is 23.2. The lowest BCUT2D eigenvalue weighted by molar-refractivity contribution is -0.870. The van der Waals surface area contributed by atoms with Gasteiger partial charge in [0.25, 0.3) is 0 Å². The van der Waals surface area contributed by atoms with Gasteiger partial charge in [0.15, 0.2) is 6.10 Å². The Morgan fingerprint density at radius 2 is 1.02 bits per heavy atom. The van der Waals surface area contributed by atoms with Crippen LogP contribution in [0.15, 0.2) is 72.9 Å². The Kier molecular flexibility index (Phi) is 36.3. The highest BCUT2D eigenvalue weighted by Gasteiger charge is 2.27. The molecule has 0 saturated heterocycles. The lowest BCUT2D eigenvalue weighted by atomic mass is 10.1. The molecule has 0 aromatic rings. The van der Waals surface area contributed by atoms with Gasteiger partial charge in [-0.2, -0.15) is 0 Å². The summed E-state index contributed by atoms with van der Waals surface area (Å²) in [7, 11) is 1.43. The van der Waals surface area contributed by atoms with E-state index in [9.17, 15) is 19.0 Å². The monoisotopic (exact) mass is 807 g/mol. The minimum Gasteiger partial charge on any atom is -0.462 e. The van der Waals surface area contributed by atoms with Gasteiger partial charge < -0.3 is 18.9 Å². The number of carbonyl (C=O) groups excluding carboxylic acids is 2. The highest BCUT2D eigenvalue weighted by atomic mass is 31.2. The number of quaternary nitrogens is 1. The summed E-state index contributed by atoms with van der Waals surface area (Å²) in [5.41, 5.74) is 0. The number of unbranched alkanes of at least 4 members (excludes halogenated alkanes) is 12. The van der Waals surface area contributed by atoms with Crippen molar-refractivity contribution in [2.24, 2.45) is 0 Å². The van der Waals surface area contributed by atoms with Crippen molar-refractivity contribution >= 4 is 19.8 Å². The Hall–Kier alpha value is -2.55. The van der Waals surface area contributed by atoms with Crippen LogP contribution in [0, 0.1) is 0 Å². The molecule has 0 aromatic heterocycles. The van der Waals surface area contributed by atoms with Crippen molar-refractivity contribution in [2.75, 3.05) is 47.5 Å². The number of ether oxygens (including phenoxy) is 2. The Morgan fingerprint density at radius 1 is 0.571 bits per heavy atom. The molecular weight excluding hydrogens is 725 g/mol. The zero-order valence-corrected chi connectivity index (χ0v) is 37.0. The summed E-state index contributed by atoms with van der Waals surface area (Å²) in [6.07, 6.45) is 46.6. The molecule has 10 heteroatoms. The van der Waals surface area contributed by atoms with Crippen LogP contribution in [0.3, 0.4) is 0 Å². The third-order valence-corrected chi connectivity index (χ3v) is 9.70. The number of hydrogen-bond acceptors (Lipinski definition) is 7. The molecule has 56 heavy (non-hydrogen) atoms. The first-order valence-electron chi connectivity index (χ1n) is 21.7. The van der Waals surface area contributed by atoms with Crippen LogP contribution in [0.2, 0.25) is 0 Å². The minimum atomic E-state index is -4.39. The van der Waals surface area contributed by atoms with E-state index in [4.69, 9.17) is 18.5 Å². The maximum atomic E-state index is 12.7. The van der Waals surface area contributed by atoms with Crippen molar-refractivity contribution in [3.63, 3.8) is 0 Å². The number of hydrogen-bond donors (Lipinski definition) is 1. The molecule has 0 radical (unpaired) electrons. The average Bonchev–Trinajstić information content (AvgIpc) is 3.15. The molecule has 1 N–H and O–H groups in total. The van der Waals surface area contributed by atoms with Crippen molar-refractivity contribution in [3.05, 3.63) is 72.9 Å². The molecule has 0 aliphatic carbocycles. The van der Waals surface area contributed by atoms with Crippen LogP contribution in [0.4, 0.5) is 0 Å². The predicted molar refractivity (Wildman–Crippen MR) is 233 cm³/mol. The fourth-order valence-electron chi connectivity index (χ4n) is 5.33. The van der Waals surface area contributed by atoms with Crippen LogP contribution in [-0.4, -0.2) is 74.9 Å². The molecule has 0 aliphatic rings. The highest BCUT2D eigenvalue weighted by molar-refractivity contribution is 7.47. The van der Waals surface area contributed by atoms with Crippen LogP contribution in [0.5, 0.6) is 0 Å². The summed E-state index contributed by atoms with van der Waals surface area (Å²) in [5, 5.41) is 0. The topological polar surface area (TPSA) is 108 Å². The molecule has 0 aromatic carbocycles. The Morgan fingerprint density at radius 3 is 1.54 bits per heavy atom. The molecule has 0 fully saturated rings. The van der Waals surface area contributed by atoms with Crippen LogP contribution < -0.4 is 0 Å². The van der Waals surface area contributed by atoms with Crippen LogP contribution in [0.25, 0.3) is 0 Å². The Labute approximate surface area is 342 Å². The molecular formula is C46H81NO8P+. The molecule has 2 atom stereocenters. The number of allylic oxidation sites excluding steroid dienone is 12. The van der Waals surface area contributed by atoms with Gasteiger partial charge in [0.05, 0.1) is 27.7 Å². The third kappa shape index (κ3) is 41.1. The van der Waals surface area contributed by atoms with Gasteiger partial charge in [0, 0.05) is 12.8 Å². The minimum absolute atomic E-state index is 0.0191. The van der Waals surface area contributed by atoms with Gasteiger partial charge in [-0.05, 0) is 83.5 Å². The van der Waals surface area contributed by atoms with Gasteiger partial charge in [0.1, 0.15) is 19.8 Å². The smallest absolute Gasteiger partial charge is 0.462 e. The van der Waals surface area contributed by atoms with Crippen molar-refractivity contribution < 1.29 is 42.1 Å². The molecule has 0 amide bonds. The first kappa shape index (κ1) is 53.5. The maximum Gasteiger partial charge on any atom is 0.472 e. The summed E-state index contributed by atoms with van der Waals surface area (Å²) in [6.45, 7) is 4.22. The number of likely N-dealkylation sites (N-methyl/N-ethyl adjacent to an activating group) is 1. The van der Waals surface area contributed by atoms with E-state index in [1.165, 1.54) is 38.5 Å². The largest absolute Gasteiger partial charge is 0.472 e. The van der Waals surface area contributed by atoms with E-state index in [2.05, 4.69) is 86.8 Å². The molecule has 322 valence electrons. The molecule has 1 unspecified atom stereocenters. The maximum absolute atomic E-state index is 12.7. The fourth-order valence-corrected chi connectivity index (χ4v) is 6.07. The van der Waals surface area contributed by atoms with Gasteiger partial charge in [-0.1, -0.05) is 132 Å². The summed E-state index contributed by atoms with van der Waals surface area (Å²) in [5.74, 6) is -0.862. The SMILES string of the molecule is CC/C=C/C/C=C/C/C=C/C/C=C/C/C=C/CCCCCC(=O)O[C@H](COC(=O)CCCCC/C=C/CCCCCCCC)COP(=O)(O)OCC[N+](C)(C)C. The van der Waals surface area contributed by atoms with E-state index in [0.717, 1.165) is 77.0 Å². The highest BCUT2D eigenvalue weighted by Crippen LogP contribution is 2.43. The van der Waals surface area contributed by atoms with E-state index in [1.807, 2.05) is 21.1 Å². The Bertz CT molecular complexity index is 1180. The van der Waals surface area contributed by atoms with Crippen molar-refractivity contribution in [1.29, 1.82) is 0 Å². The molecule has 0 spiro atoms. The Balaban J connectivity index is 4.47. The number of carbonyl (C=O) groups is 2. The number of esters is 2. The molecule has 0 saturated carbocycles. The average molecular weight is 807 g/mol. The van der Waals surface area contributed by atoms with Crippen LogP contribution in [0.1, 0.15) is 155 Å². The second kappa shape index (κ2) is 38.0. The summed E-state index contributed by atoms with van der Waals surface area (Å²) in [6, 6.07) is 0. The quantitative estimate of drug-likeness (QED) is 0.0216. The van der Waals surface area contributed by atoms with Crippen LogP contribution in [-0.2, 0) is 32.7 Å². The predicted octanol–water partition coefficient (Wildman–Crippen LogP) is 12.2. The number of phosphoric acid groups is 1. The van der Waals surface area contributed by atoms with Gasteiger partial charge in [-0.3, -0.25) is 18.6 Å². The molecule has 9 nitrogen and oxygen atoms in total. The van der Waals surface area contributed by atoms with Crippen molar-refractivity contribution in [2.45, 2.75) is 161 Å². The lowest BCUT2D eigenvalue weighted by Gasteiger charge is -2.24. The van der Waals surface area contributed by atoms with Crippen molar-refractivity contribution in [1.82, 2.24) is 0 Å². The summed E-state index contributed by atoms with van der Waals surface area (Å²) in [4.78, 5) is 35.3. The third-order valence-electron chi connectivity index (χ3n) is 8.72. The van der Waals surface area contributed by atoms with Crippen molar-refractivity contribution in [3.8, 4) is 0 Å². The standard InChI is InChI=1S/C46H80NO8P/c1-6-8-10-12-14-16-18-20-21-22-23-24-25-27-29-31-33-35-37-39-46(49)55-44(43-54-56(50,51)53-41-40-47(3,4)5)42-52-45(48)38-36-34-32-30-28-26-19-17-15-13-11-9-7-2/h8,10,14,16,20-21,23-24,26-29,44H,6-7,9,11-13,15,17-19,22,25,30-43H2,1-5H3/p+1/b10-8+,16-14+,21-20+,24-23+,28-26+,29-27+/t44-/m1/s1. The summed E-state index contributed by atoms with van der Waals surface area (Å²) >= 11 is 0. The van der Waals surface area contributed by atoms with E-state index in [-0.39, 0.29) is 26.1 Å². The van der Waals surface area contributed by atoms with E-state index in [0.29, 0.717) is 23.9 Å². The zero-order chi connectivity index (χ0) is 41.4. The molecule has 0 bridgehead atoms. The molecule has 0 heterocycles. The fraction of sp³-hybridized carbons (Fsp3) is 0.696.